The van der Waals surface area contributed by atoms with Crippen LogP contribution < -0.4 is 47.7 Å². The lowest BCUT2D eigenvalue weighted by atomic mass is 9.89. The second-order valence-electron chi connectivity index (χ2n) is 19.0. The molecule has 0 aliphatic carbocycles. The van der Waals surface area contributed by atoms with Gasteiger partial charge in [-0.25, -0.2) is 4.90 Å². The molecule has 12 atom stereocenters. The Morgan fingerprint density at radius 3 is 2.26 bits per heavy atom. The number of H-pyrrole nitrogens is 1. The molecule has 26 nitrogen and oxygen atoms in total. The quantitative estimate of drug-likeness (QED) is 0.0665. The number of aliphatic hydroxyl groups is 3. The van der Waals surface area contributed by atoms with E-state index in [9.17, 15) is 68.1 Å². The van der Waals surface area contributed by atoms with Gasteiger partial charge in [0.05, 0.1) is 49.9 Å². The summed E-state index contributed by atoms with van der Waals surface area (Å²) in [6, 6.07) is -5.86. The second kappa shape index (κ2) is 24.1. The van der Waals surface area contributed by atoms with Gasteiger partial charge >= 0.3 is 5.97 Å². The number of unbranched alkanes of at least 4 members (excludes halogenated alkanes) is 2. The van der Waals surface area contributed by atoms with Gasteiger partial charge in [-0.3, -0.25) is 47.9 Å². The third-order valence-corrected chi connectivity index (χ3v) is 15.2. The van der Waals surface area contributed by atoms with E-state index < -0.39 is 194 Å². The number of ketones is 1. The summed E-state index contributed by atoms with van der Waals surface area (Å²) in [6.45, 7) is 1.76. The Morgan fingerprint density at radius 1 is 0.890 bits per heavy atom. The zero-order chi connectivity index (χ0) is 53.5. The van der Waals surface area contributed by atoms with Crippen molar-refractivity contribution in [3.8, 4) is 5.75 Å². The Hall–Kier alpha value is -6.39. The van der Waals surface area contributed by atoms with E-state index in [1.165, 1.54) is 30.0 Å². The van der Waals surface area contributed by atoms with Crippen LogP contribution in [-0.2, 0) is 65.5 Å². The zero-order valence-electron chi connectivity index (χ0n) is 40.5. The fraction of sp³-hybridized carbons (Fsp3) is 0.609. The third-order valence-electron chi connectivity index (χ3n) is 13.8. The molecule has 7 rings (SSSR count). The number of carboxylic acid groups (broad SMARTS) is 1. The number of carboxylic acids is 1. The van der Waals surface area contributed by atoms with Crippen molar-refractivity contribution in [2.75, 3.05) is 32.0 Å². The van der Waals surface area contributed by atoms with Crippen molar-refractivity contribution >= 4 is 81.1 Å². The lowest BCUT2D eigenvalue weighted by molar-refractivity contribution is -0.166. The summed E-state index contributed by atoms with van der Waals surface area (Å²) < 4.78 is 21.6. The van der Waals surface area contributed by atoms with Crippen LogP contribution in [0.3, 0.4) is 0 Å². The van der Waals surface area contributed by atoms with Crippen molar-refractivity contribution < 1.29 is 77.7 Å². The Kier molecular flexibility index (Phi) is 18.5. The Balaban J connectivity index is 1.66. The van der Waals surface area contributed by atoms with Gasteiger partial charge in [0.25, 0.3) is 0 Å². The molecule has 73 heavy (non-hydrogen) atoms. The molecule has 0 spiro atoms. The van der Waals surface area contributed by atoms with Gasteiger partial charge < -0.3 is 77.7 Å². The van der Waals surface area contributed by atoms with Crippen LogP contribution in [0.4, 0.5) is 0 Å². The SMILES string of the molecule is CC[C@H](C)[C@@H]1NC(=O)CNC(=O)C2Cc3c4[nH]c5cc(ccc35)OC(CCCCCC(=O)O)(C(=O)[C@H](CC(N)=O)NC(=O)C(C[S@@+]4[O-])NC(=O)CNC1=O)N1CC(O)C[C@H]1C(=O)N[C@@H]([C@@H](C)[C@@H](O)CO)C(=O)N2. The summed E-state index contributed by atoms with van der Waals surface area (Å²) in [5.74, 6) is -13.0. The fourth-order valence-electron chi connectivity index (χ4n) is 9.57. The largest absolute Gasteiger partial charge is 0.610 e. The monoisotopic (exact) mass is 1040 g/mol. The first-order valence-electron chi connectivity index (χ1n) is 24.1. The molecule has 5 aliphatic heterocycles. The molecule has 1 aromatic carbocycles. The average Bonchev–Trinajstić information content (AvgIpc) is 3.92. The number of amides is 8. The number of primary amides is 1. The Labute approximate surface area is 421 Å². The van der Waals surface area contributed by atoms with Crippen LogP contribution in [0.5, 0.6) is 5.75 Å². The number of nitrogens with zero attached hydrogens (tertiary/aromatic N) is 1. The number of hydrogen-bond acceptors (Lipinski definition) is 16. The minimum Gasteiger partial charge on any atom is -0.610 e. The number of aliphatic hydroxyl groups excluding tert-OH is 3. The van der Waals surface area contributed by atoms with E-state index in [0.29, 0.717) is 6.42 Å². The molecule has 1 aromatic heterocycles. The highest BCUT2D eigenvalue weighted by atomic mass is 32.2. The highest BCUT2D eigenvalue weighted by Crippen LogP contribution is 2.39. The summed E-state index contributed by atoms with van der Waals surface area (Å²) in [4.78, 5) is 144. The number of carbonyl (C=O) groups is 10. The van der Waals surface area contributed by atoms with E-state index in [1.807, 2.05) is 0 Å². The smallest absolute Gasteiger partial charge is 0.303 e. The summed E-state index contributed by atoms with van der Waals surface area (Å²) in [6.07, 6.45) is -5.00. The highest BCUT2D eigenvalue weighted by Gasteiger charge is 2.57. The summed E-state index contributed by atoms with van der Waals surface area (Å²) in [7, 11) is 0. The lowest BCUT2D eigenvalue weighted by Gasteiger charge is -2.45. The highest BCUT2D eigenvalue weighted by molar-refractivity contribution is 7.91. The van der Waals surface area contributed by atoms with Gasteiger partial charge in [0, 0.05) is 59.9 Å². The molecule has 1 fully saturated rings. The molecule has 5 aliphatic rings. The van der Waals surface area contributed by atoms with Crippen molar-refractivity contribution in [3.63, 3.8) is 0 Å². The van der Waals surface area contributed by atoms with Crippen LogP contribution in [0.15, 0.2) is 23.2 Å². The number of aliphatic carboxylic acids is 1. The molecular formula is C46H64N10O16S. The molecular weight excluding hydrogens is 981 g/mol. The van der Waals surface area contributed by atoms with Crippen LogP contribution in [0, 0.1) is 11.8 Å². The first-order chi connectivity index (χ1) is 34.6. The van der Waals surface area contributed by atoms with E-state index in [0.717, 1.165) is 0 Å². The summed E-state index contributed by atoms with van der Waals surface area (Å²) in [5, 5.41) is 59.5. The van der Waals surface area contributed by atoms with E-state index in [1.54, 1.807) is 13.8 Å². The average molecular weight is 1050 g/mol. The molecule has 6 heterocycles. The maximum absolute atomic E-state index is 15.8. The Morgan fingerprint density at radius 2 is 1.59 bits per heavy atom. The standard InChI is InChI=1S/C46H64N10O16S/c1-4-21(2)37-43(69)49-16-34(61)50-30-20-73(71)45-26-14-29(40(66)48-17-35(62)54-37)52-44(70)38(22(3)32(59)19-57)55-42(68)31-12-23(58)18-56(31)46(11-7-5-6-8-36(63)64,39(65)28(15-33(47)60)51-41(30)67)72-24-9-10-25(26)27(13-24)53-45/h9-10,13,21-23,28-32,37-38,53,57-59H,4-8,11-12,14-20H2,1-3H3,(H2,47,60)(H,48,66)(H,49,69)(H,50,61)(H,51,67)(H,52,70)(H,54,62)(H,55,68)(H,63,64)/t21-,22-,23?,28-,29?,30?,31-,32-,37-,38-,46?,73+/m0/s1. The number of fused-ring (bicyclic) bond motifs is 7. The molecule has 0 saturated carbocycles. The number of ether oxygens (including phenoxy) is 1. The molecule has 4 unspecified atom stereocenters. The number of aromatic amines is 1. The normalized spacial score (nSPS) is 29.2. The van der Waals surface area contributed by atoms with E-state index in [2.05, 4.69) is 42.2 Å². The first-order valence-corrected chi connectivity index (χ1v) is 25.4. The number of Topliss-reactive ketones (excluding diaryl/α,β-unsaturated/α-hetero) is 1. The van der Waals surface area contributed by atoms with E-state index in [4.69, 9.17) is 10.5 Å². The predicted octanol–water partition coefficient (Wildman–Crippen LogP) is -4.46. The van der Waals surface area contributed by atoms with Crippen molar-refractivity contribution in [3.05, 3.63) is 23.8 Å². The maximum atomic E-state index is 15.8. The zero-order valence-corrected chi connectivity index (χ0v) is 41.3. The van der Waals surface area contributed by atoms with Gasteiger partial charge in [-0.05, 0) is 37.3 Å². The number of carbonyl (C=O) groups excluding carboxylic acids is 9. The second-order valence-corrected chi connectivity index (χ2v) is 20.4. The molecule has 1 saturated heterocycles. The van der Waals surface area contributed by atoms with Crippen molar-refractivity contribution in [1.82, 2.24) is 47.1 Å². The van der Waals surface area contributed by atoms with Gasteiger partial charge in [-0.2, -0.15) is 0 Å². The number of aromatic nitrogens is 1. The number of nitrogens with two attached hydrogens (primary N) is 1. The van der Waals surface area contributed by atoms with Gasteiger partial charge in [0.1, 0.15) is 35.7 Å². The van der Waals surface area contributed by atoms with Crippen LogP contribution in [0.25, 0.3) is 10.9 Å². The molecule has 27 heteroatoms. The molecule has 14 N–H and O–H groups in total. The number of nitrogens with one attached hydrogen (secondary N) is 8. The number of hydrogen-bond donors (Lipinski definition) is 13. The van der Waals surface area contributed by atoms with Gasteiger partial charge in [0.15, 0.2) is 6.04 Å². The molecule has 8 amide bonds. The van der Waals surface area contributed by atoms with Crippen LogP contribution in [-0.4, -0.2) is 180 Å². The molecule has 0 radical (unpaired) electrons. The third kappa shape index (κ3) is 13.1. The molecule has 400 valence electrons. The summed E-state index contributed by atoms with van der Waals surface area (Å²) in [5.41, 5.74) is 3.51. The van der Waals surface area contributed by atoms with Crippen LogP contribution in [0.2, 0.25) is 0 Å². The van der Waals surface area contributed by atoms with E-state index >= 15 is 4.79 Å². The Bertz CT molecular complexity index is 2470. The first kappa shape index (κ1) is 55.9. The predicted molar refractivity (Wildman–Crippen MR) is 255 cm³/mol. The van der Waals surface area contributed by atoms with Crippen molar-refractivity contribution in [2.45, 2.75) is 138 Å². The van der Waals surface area contributed by atoms with Crippen LogP contribution in [0.1, 0.15) is 77.7 Å². The van der Waals surface area contributed by atoms with Crippen molar-refractivity contribution in [1.29, 1.82) is 0 Å². The number of benzene rings is 1. The molecule has 8 bridgehead atoms. The van der Waals surface area contributed by atoms with Crippen molar-refractivity contribution in [2.24, 2.45) is 17.6 Å². The lowest BCUT2D eigenvalue weighted by Crippen LogP contribution is -2.68. The fourth-order valence-corrected chi connectivity index (χ4v) is 11.0. The van der Waals surface area contributed by atoms with Crippen LogP contribution >= 0.6 is 0 Å². The topological polar surface area (TPSA) is 413 Å². The van der Waals surface area contributed by atoms with Gasteiger partial charge in [0.2, 0.25) is 63.8 Å². The number of rotatable bonds is 13. The molecule has 2 aromatic rings. The minimum atomic E-state index is -2.48. The minimum absolute atomic E-state index is 0.00711. The van der Waals surface area contributed by atoms with Gasteiger partial charge in [-0.15, -0.1) is 0 Å². The van der Waals surface area contributed by atoms with E-state index in [-0.39, 0.29) is 52.9 Å². The van der Waals surface area contributed by atoms with Gasteiger partial charge in [-0.1, -0.05) is 33.6 Å². The summed E-state index contributed by atoms with van der Waals surface area (Å²) >= 11 is -2.38. The maximum Gasteiger partial charge on any atom is 0.303 e.